The largest absolute Gasteiger partial charge is 0.454 e. The fourth-order valence-electron chi connectivity index (χ4n) is 1.78. The van der Waals surface area contributed by atoms with Crippen molar-refractivity contribution in [1.82, 2.24) is 5.32 Å². The molecular weight excluding hydrogens is 242 g/mol. The van der Waals surface area contributed by atoms with Crippen LogP contribution in [0.25, 0.3) is 0 Å². The molecule has 1 unspecified atom stereocenters. The molecule has 0 saturated carbocycles. The van der Waals surface area contributed by atoms with Crippen molar-refractivity contribution < 1.29 is 14.2 Å². The Morgan fingerprint density at radius 1 is 1.26 bits per heavy atom. The van der Waals surface area contributed by atoms with Crippen LogP contribution in [0.15, 0.2) is 18.2 Å². The Bertz CT molecular complexity index is 426. The highest BCUT2D eigenvalue weighted by Gasteiger charge is 2.14. The number of benzene rings is 1. The van der Waals surface area contributed by atoms with Gasteiger partial charge >= 0.3 is 0 Å². The molecule has 0 aromatic heterocycles. The van der Waals surface area contributed by atoms with Gasteiger partial charge in [0.15, 0.2) is 11.5 Å². The van der Waals surface area contributed by atoms with Gasteiger partial charge in [-0.15, -0.1) is 0 Å². The molecule has 4 heteroatoms. The summed E-state index contributed by atoms with van der Waals surface area (Å²) in [6.07, 6.45) is 0.171. The van der Waals surface area contributed by atoms with Crippen LogP contribution in [0.2, 0.25) is 0 Å². The second-order valence-electron chi connectivity index (χ2n) is 5.94. The van der Waals surface area contributed by atoms with Crippen LogP contribution in [0, 0.1) is 0 Å². The van der Waals surface area contributed by atoms with Crippen LogP contribution in [0.5, 0.6) is 11.5 Å². The summed E-state index contributed by atoms with van der Waals surface area (Å²) < 4.78 is 16.5. The van der Waals surface area contributed by atoms with Gasteiger partial charge in [0.05, 0.1) is 12.7 Å². The van der Waals surface area contributed by atoms with E-state index < -0.39 is 0 Å². The molecular formula is C15H23NO3. The zero-order valence-electron chi connectivity index (χ0n) is 12.2. The maximum absolute atomic E-state index is 5.82. The van der Waals surface area contributed by atoms with E-state index in [1.807, 2.05) is 18.2 Å². The summed E-state index contributed by atoms with van der Waals surface area (Å²) in [5.74, 6) is 1.62. The first kappa shape index (κ1) is 14.2. The first-order valence-corrected chi connectivity index (χ1v) is 6.69. The van der Waals surface area contributed by atoms with Crippen LogP contribution in [0.1, 0.15) is 33.3 Å². The van der Waals surface area contributed by atoms with Crippen LogP contribution >= 0.6 is 0 Å². The molecule has 0 saturated heterocycles. The zero-order valence-corrected chi connectivity index (χ0v) is 12.2. The number of fused-ring (bicyclic) bond motifs is 1. The molecule has 1 N–H and O–H groups in total. The third-order valence-electron chi connectivity index (χ3n) is 2.89. The van der Waals surface area contributed by atoms with Crippen LogP contribution < -0.4 is 14.8 Å². The second-order valence-corrected chi connectivity index (χ2v) is 5.94. The number of rotatable bonds is 5. The van der Waals surface area contributed by atoms with E-state index in [2.05, 4.69) is 33.0 Å². The number of hydrogen-bond acceptors (Lipinski definition) is 4. The molecule has 2 rings (SSSR count). The van der Waals surface area contributed by atoms with Crippen molar-refractivity contribution in [2.24, 2.45) is 0 Å². The van der Waals surface area contributed by atoms with Crippen LogP contribution in [0.3, 0.4) is 0 Å². The van der Waals surface area contributed by atoms with E-state index in [0.29, 0.717) is 13.4 Å². The lowest BCUT2D eigenvalue weighted by atomic mass is 10.1. The summed E-state index contributed by atoms with van der Waals surface area (Å²) in [4.78, 5) is 0. The molecule has 1 atom stereocenters. The Kier molecular flexibility index (Phi) is 4.32. The van der Waals surface area contributed by atoms with Gasteiger partial charge in [-0.3, -0.25) is 0 Å². The van der Waals surface area contributed by atoms with Gasteiger partial charge in [-0.1, -0.05) is 6.07 Å². The molecule has 0 radical (unpaired) electrons. The molecule has 4 nitrogen and oxygen atoms in total. The quantitative estimate of drug-likeness (QED) is 0.888. The van der Waals surface area contributed by atoms with Gasteiger partial charge in [-0.2, -0.15) is 0 Å². The monoisotopic (exact) mass is 265 g/mol. The zero-order chi connectivity index (χ0) is 13.9. The van der Waals surface area contributed by atoms with E-state index in [9.17, 15) is 0 Å². The van der Waals surface area contributed by atoms with Crippen LogP contribution in [-0.2, 0) is 11.3 Å². The molecule has 0 spiro atoms. The van der Waals surface area contributed by atoms with Crippen molar-refractivity contribution in [1.29, 1.82) is 0 Å². The molecule has 19 heavy (non-hydrogen) atoms. The van der Waals surface area contributed by atoms with Crippen molar-refractivity contribution in [3.05, 3.63) is 23.8 Å². The highest BCUT2D eigenvalue weighted by atomic mass is 16.7. The topological polar surface area (TPSA) is 39.7 Å². The minimum atomic E-state index is 0.121. The van der Waals surface area contributed by atoms with Crippen molar-refractivity contribution in [2.75, 3.05) is 13.3 Å². The highest BCUT2D eigenvalue weighted by Crippen LogP contribution is 2.32. The second kappa shape index (κ2) is 5.80. The predicted molar refractivity (Wildman–Crippen MR) is 74.6 cm³/mol. The van der Waals surface area contributed by atoms with E-state index in [-0.39, 0.29) is 11.6 Å². The van der Waals surface area contributed by atoms with Gasteiger partial charge in [0.2, 0.25) is 6.79 Å². The molecule has 106 valence electrons. The molecule has 1 aromatic carbocycles. The maximum Gasteiger partial charge on any atom is 0.231 e. The fourth-order valence-corrected chi connectivity index (χ4v) is 1.78. The molecule has 0 bridgehead atoms. The summed E-state index contributed by atoms with van der Waals surface area (Å²) in [6, 6.07) is 5.92. The molecule has 1 aromatic rings. The summed E-state index contributed by atoms with van der Waals surface area (Å²) in [5, 5.41) is 3.43. The average Bonchev–Trinajstić information content (AvgIpc) is 2.80. The first-order chi connectivity index (χ1) is 8.94. The van der Waals surface area contributed by atoms with Gasteiger partial charge in [0.1, 0.15) is 0 Å². The summed E-state index contributed by atoms with van der Waals surface area (Å²) in [7, 11) is 0. The number of ether oxygens (including phenoxy) is 3. The molecule has 0 fully saturated rings. The molecule has 1 heterocycles. The minimum absolute atomic E-state index is 0.121. The van der Waals surface area contributed by atoms with Gasteiger partial charge in [-0.25, -0.2) is 0 Å². The Labute approximate surface area is 115 Å². The van der Waals surface area contributed by atoms with E-state index in [4.69, 9.17) is 14.2 Å². The van der Waals surface area contributed by atoms with E-state index in [0.717, 1.165) is 23.6 Å². The summed E-state index contributed by atoms with van der Waals surface area (Å²) in [6.45, 7) is 10.3. The lowest BCUT2D eigenvalue weighted by molar-refractivity contribution is 0.0491. The van der Waals surface area contributed by atoms with E-state index >= 15 is 0 Å². The van der Waals surface area contributed by atoms with Crippen molar-refractivity contribution in [3.63, 3.8) is 0 Å². The third-order valence-corrected chi connectivity index (χ3v) is 2.89. The van der Waals surface area contributed by atoms with Gasteiger partial charge in [0, 0.05) is 12.1 Å². The van der Waals surface area contributed by atoms with E-state index in [1.54, 1.807) is 0 Å². The lowest BCUT2D eigenvalue weighted by Crippen LogP contribution is -2.40. The molecule has 1 aliphatic rings. The summed E-state index contributed by atoms with van der Waals surface area (Å²) >= 11 is 0. The van der Waals surface area contributed by atoms with Crippen molar-refractivity contribution in [3.8, 4) is 11.5 Å². The fraction of sp³-hybridized carbons (Fsp3) is 0.600. The highest BCUT2D eigenvalue weighted by molar-refractivity contribution is 5.44. The first-order valence-electron chi connectivity index (χ1n) is 6.69. The van der Waals surface area contributed by atoms with Gasteiger partial charge < -0.3 is 19.5 Å². The number of nitrogens with one attached hydrogen (secondary N) is 1. The molecule has 0 amide bonds. The van der Waals surface area contributed by atoms with Gasteiger partial charge in [0.25, 0.3) is 0 Å². The predicted octanol–water partition coefficient (Wildman–Crippen LogP) is 2.71. The minimum Gasteiger partial charge on any atom is -0.454 e. The van der Waals surface area contributed by atoms with E-state index in [1.165, 1.54) is 0 Å². The van der Waals surface area contributed by atoms with Crippen molar-refractivity contribution in [2.45, 2.75) is 45.9 Å². The van der Waals surface area contributed by atoms with Crippen LogP contribution in [-0.4, -0.2) is 25.0 Å². The Morgan fingerprint density at radius 2 is 2.00 bits per heavy atom. The molecule has 0 aliphatic carbocycles. The molecule has 1 aliphatic heterocycles. The third kappa shape index (κ3) is 4.40. The van der Waals surface area contributed by atoms with Crippen LogP contribution in [0.4, 0.5) is 0 Å². The average molecular weight is 265 g/mol. The Morgan fingerprint density at radius 3 is 2.74 bits per heavy atom. The van der Waals surface area contributed by atoms with Crippen molar-refractivity contribution >= 4 is 0 Å². The Balaban J connectivity index is 1.79. The normalized spacial score (nSPS) is 15.6. The summed E-state index contributed by atoms with van der Waals surface area (Å²) in [5.41, 5.74) is 1.22. The maximum atomic E-state index is 5.82. The lowest BCUT2D eigenvalue weighted by Gasteiger charge is -2.23. The Hall–Kier alpha value is -1.26. The SMILES string of the molecule is CC(CNC(C)(C)C)OCc1ccc2c(c1)OCO2. The number of hydrogen-bond donors (Lipinski definition) is 1. The smallest absolute Gasteiger partial charge is 0.231 e. The standard InChI is InChI=1S/C15H23NO3/c1-11(8-16-15(2,3)4)17-9-12-5-6-13-14(7-12)19-10-18-13/h5-7,11,16H,8-10H2,1-4H3. The van der Waals surface area contributed by atoms with Gasteiger partial charge in [-0.05, 0) is 45.4 Å².